The van der Waals surface area contributed by atoms with Gasteiger partial charge in [-0.25, -0.2) is 4.79 Å². The first kappa shape index (κ1) is 17.8. The van der Waals surface area contributed by atoms with E-state index in [4.69, 9.17) is 11.2 Å². The van der Waals surface area contributed by atoms with Crippen LogP contribution in [0.4, 0.5) is 4.79 Å². The molecule has 0 radical (unpaired) electrons. The number of hydrogen-bond acceptors (Lipinski definition) is 3. The van der Waals surface area contributed by atoms with E-state index in [1.165, 1.54) is 12.8 Å². The van der Waals surface area contributed by atoms with Crippen LogP contribution in [0.2, 0.25) is 0 Å². The second-order valence-corrected chi connectivity index (χ2v) is 7.45. The molecule has 0 aromatic rings. The van der Waals surface area contributed by atoms with Crippen LogP contribution in [0.15, 0.2) is 0 Å². The van der Waals surface area contributed by atoms with Crippen LogP contribution in [0.3, 0.4) is 0 Å². The summed E-state index contributed by atoms with van der Waals surface area (Å²) >= 11 is 0. The largest absolute Gasteiger partial charge is 0.444 e. The molecule has 0 bridgehead atoms. The van der Waals surface area contributed by atoms with Crippen LogP contribution in [0, 0.1) is 18.3 Å². The molecule has 120 valence electrons. The minimum atomic E-state index is -0.459. The quantitative estimate of drug-likeness (QED) is 0.783. The Morgan fingerprint density at radius 1 is 1.24 bits per heavy atom. The minimum absolute atomic E-state index is 0.313. The Balaban J connectivity index is 2.51. The Labute approximate surface area is 129 Å². The predicted octanol–water partition coefficient (Wildman–Crippen LogP) is 3.07. The van der Waals surface area contributed by atoms with E-state index in [0.29, 0.717) is 18.5 Å². The van der Waals surface area contributed by atoms with Crippen molar-refractivity contribution in [3.63, 3.8) is 0 Å². The summed E-state index contributed by atoms with van der Waals surface area (Å²) in [5, 5.41) is 6.43. The van der Waals surface area contributed by atoms with Crippen LogP contribution < -0.4 is 10.6 Å². The molecule has 2 unspecified atom stereocenters. The van der Waals surface area contributed by atoms with Gasteiger partial charge in [-0.3, -0.25) is 5.32 Å². The molecule has 1 rings (SSSR count). The lowest BCUT2D eigenvalue weighted by atomic mass is 9.83. The molecule has 1 saturated carbocycles. The van der Waals surface area contributed by atoms with Crippen molar-refractivity contribution in [2.24, 2.45) is 5.92 Å². The molecule has 1 amide bonds. The van der Waals surface area contributed by atoms with Crippen molar-refractivity contribution in [3.05, 3.63) is 0 Å². The molecule has 0 aliphatic heterocycles. The summed E-state index contributed by atoms with van der Waals surface area (Å²) in [5.41, 5.74) is -0.772. The predicted molar refractivity (Wildman–Crippen MR) is 86.0 cm³/mol. The standard InChI is InChI=1S/C17H30N2O2/c1-7-17(5,6)19-14-11-9-8-10-13(14)12-18-15(20)21-16(2,3)4/h1,13-14,19H,8-12H2,2-6H3,(H,18,20). The number of terminal acetylenes is 1. The van der Waals surface area contributed by atoms with Gasteiger partial charge in [0.15, 0.2) is 0 Å². The maximum atomic E-state index is 11.8. The van der Waals surface area contributed by atoms with Crippen LogP contribution in [0.25, 0.3) is 0 Å². The zero-order valence-electron chi connectivity index (χ0n) is 14.1. The Kier molecular flexibility index (Phi) is 6.10. The summed E-state index contributed by atoms with van der Waals surface area (Å²) in [7, 11) is 0. The summed E-state index contributed by atoms with van der Waals surface area (Å²) in [6, 6.07) is 0.347. The van der Waals surface area contributed by atoms with Crippen LogP contribution in [0.5, 0.6) is 0 Å². The lowest BCUT2D eigenvalue weighted by Gasteiger charge is -2.37. The molecule has 2 N–H and O–H groups in total. The maximum Gasteiger partial charge on any atom is 0.407 e. The highest BCUT2D eigenvalue weighted by atomic mass is 16.6. The molecule has 1 fully saturated rings. The second-order valence-electron chi connectivity index (χ2n) is 7.45. The van der Waals surface area contributed by atoms with Gasteiger partial charge in [-0.05, 0) is 53.4 Å². The molecule has 4 nitrogen and oxygen atoms in total. The number of rotatable bonds is 4. The number of carbonyl (C=O) groups is 1. The first-order valence-corrected chi connectivity index (χ1v) is 7.85. The van der Waals surface area contributed by atoms with E-state index < -0.39 is 5.60 Å². The minimum Gasteiger partial charge on any atom is -0.444 e. The van der Waals surface area contributed by atoms with E-state index in [1.807, 2.05) is 34.6 Å². The van der Waals surface area contributed by atoms with Crippen molar-refractivity contribution in [3.8, 4) is 12.3 Å². The van der Waals surface area contributed by atoms with Crippen LogP contribution >= 0.6 is 0 Å². The van der Waals surface area contributed by atoms with Gasteiger partial charge in [-0.1, -0.05) is 18.8 Å². The third-order valence-electron chi connectivity index (χ3n) is 3.72. The van der Waals surface area contributed by atoms with Crippen molar-refractivity contribution in [2.75, 3.05) is 6.54 Å². The molecule has 0 spiro atoms. The Morgan fingerprint density at radius 2 is 1.86 bits per heavy atom. The van der Waals surface area contributed by atoms with Gasteiger partial charge in [-0.15, -0.1) is 6.42 Å². The number of nitrogens with one attached hydrogen (secondary N) is 2. The van der Waals surface area contributed by atoms with E-state index in [-0.39, 0.29) is 11.6 Å². The highest BCUT2D eigenvalue weighted by molar-refractivity contribution is 5.67. The first-order chi connectivity index (χ1) is 9.63. The number of amides is 1. The van der Waals surface area contributed by atoms with Crippen molar-refractivity contribution >= 4 is 6.09 Å². The summed E-state index contributed by atoms with van der Waals surface area (Å²) in [6.45, 7) is 10.3. The van der Waals surface area contributed by atoms with E-state index in [9.17, 15) is 4.79 Å². The van der Waals surface area contributed by atoms with E-state index >= 15 is 0 Å². The van der Waals surface area contributed by atoms with Crippen molar-refractivity contribution in [2.45, 2.75) is 77.5 Å². The van der Waals surface area contributed by atoms with Gasteiger partial charge in [0.05, 0.1) is 5.54 Å². The molecule has 21 heavy (non-hydrogen) atoms. The highest BCUT2D eigenvalue weighted by Gasteiger charge is 2.29. The monoisotopic (exact) mass is 294 g/mol. The molecule has 1 aliphatic carbocycles. The summed E-state index contributed by atoms with van der Waals surface area (Å²) in [6.07, 6.45) is 9.84. The molecule has 2 atom stereocenters. The van der Waals surface area contributed by atoms with Crippen LogP contribution in [-0.2, 0) is 4.74 Å². The van der Waals surface area contributed by atoms with Gasteiger partial charge >= 0.3 is 6.09 Å². The van der Waals surface area contributed by atoms with Gasteiger partial charge in [0.2, 0.25) is 0 Å². The Morgan fingerprint density at radius 3 is 2.43 bits per heavy atom. The molecular formula is C17H30N2O2. The van der Waals surface area contributed by atoms with Gasteiger partial charge < -0.3 is 10.1 Å². The van der Waals surface area contributed by atoms with Crippen molar-refractivity contribution < 1.29 is 9.53 Å². The normalized spacial score (nSPS) is 23.2. The number of carbonyl (C=O) groups excluding carboxylic acids is 1. The highest BCUT2D eigenvalue weighted by Crippen LogP contribution is 2.25. The molecule has 0 aromatic heterocycles. The molecule has 0 saturated heterocycles. The van der Waals surface area contributed by atoms with Crippen LogP contribution in [0.1, 0.15) is 60.3 Å². The number of ether oxygens (including phenoxy) is 1. The zero-order valence-corrected chi connectivity index (χ0v) is 14.1. The number of hydrogen-bond donors (Lipinski definition) is 2. The lowest BCUT2D eigenvalue weighted by molar-refractivity contribution is 0.0509. The topological polar surface area (TPSA) is 50.4 Å². The lowest BCUT2D eigenvalue weighted by Crippen LogP contribution is -2.52. The van der Waals surface area contributed by atoms with Gasteiger partial charge in [-0.2, -0.15) is 0 Å². The average molecular weight is 294 g/mol. The fourth-order valence-electron chi connectivity index (χ4n) is 2.68. The SMILES string of the molecule is C#CC(C)(C)NC1CCCCC1CNC(=O)OC(C)(C)C. The molecule has 0 heterocycles. The summed E-state index contributed by atoms with van der Waals surface area (Å²) in [4.78, 5) is 11.8. The van der Waals surface area contributed by atoms with Gasteiger partial charge in [0, 0.05) is 12.6 Å². The zero-order chi connectivity index (χ0) is 16.1. The molecule has 4 heteroatoms. The van der Waals surface area contributed by atoms with Crippen LogP contribution in [-0.4, -0.2) is 29.8 Å². The molecule has 1 aliphatic rings. The molecule has 0 aromatic carbocycles. The Bertz CT molecular complexity index is 391. The smallest absolute Gasteiger partial charge is 0.407 e. The van der Waals surface area contributed by atoms with Gasteiger partial charge in [0.1, 0.15) is 5.60 Å². The van der Waals surface area contributed by atoms with Crippen molar-refractivity contribution in [1.82, 2.24) is 10.6 Å². The third-order valence-corrected chi connectivity index (χ3v) is 3.72. The summed E-state index contributed by atoms with van der Waals surface area (Å²) < 4.78 is 5.28. The van der Waals surface area contributed by atoms with Crippen molar-refractivity contribution in [1.29, 1.82) is 0 Å². The fraction of sp³-hybridized carbons (Fsp3) is 0.824. The third kappa shape index (κ3) is 6.86. The molecular weight excluding hydrogens is 264 g/mol. The Hall–Kier alpha value is -1.21. The second kappa shape index (κ2) is 7.17. The fourth-order valence-corrected chi connectivity index (χ4v) is 2.68. The van der Waals surface area contributed by atoms with E-state index in [2.05, 4.69) is 16.6 Å². The maximum absolute atomic E-state index is 11.8. The van der Waals surface area contributed by atoms with E-state index in [1.54, 1.807) is 0 Å². The first-order valence-electron chi connectivity index (χ1n) is 7.85. The average Bonchev–Trinajstić information content (AvgIpc) is 2.35. The van der Waals surface area contributed by atoms with E-state index in [0.717, 1.165) is 12.8 Å². The number of alkyl carbamates (subject to hydrolysis) is 1. The summed E-state index contributed by atoms with van der Waals surface area (Å²) in [5.74, 6) is 3.18. The van der Waals surface area contributed by atoms with Gasteiger partial charge in [0.25, 0.3) is 0 Å².